The van der Waals surface area contributed by atoms with Gasteiger partial charge in [0.1, 0.15) is 17.4 Å². The van der Waals surface area contributed by atoms with Crippen molar-refractivity contribution in [1.29, 1.82) is 5.26 Å². The fraction of sp³-hybridized carbons (Fsp3) is 0.391. The number of nitriles is 1. The summed E-state index contributed by atoms with van der Waals surface area (Å²) in [7, 11) is 1.61. The molecule has 3 rings (SSSR count). The van der Waals surface area contributed by atoms with Crippen LogP contribution in [0, 0.1) is 25.2 Å². The Bertz CT molecular complexity index is 930. The number of hydrogen-bond acceptors (Lipinski definition) is 4. The molecule has 2 heterocycles. The average molecular weight is 393 g/mol. The second-order valence-corrected chi connectivity index (χ2v) is 7.27. The average Bonchev–Trinajstić information content (AvgIpc) is 3.34. The molecule has 29 heavy (non-hydrogen) atoms. The fourth-order valence-electron chi connectivity index (χ4n) is 3.57. The van der Waals surface area contributed by atoms with Gasteiger partial charge in [-0.15, -0.1) is 0 Å². The Labute approximate surface area is 171 Å². The molecule has 1 aromatic heterocycles. The summed E-state index contributed by atoms with van der Waals surface area (Å²) in [6.07, 6.45) is 4.07. The van der Waals surface area contributed by atoms with Gasteiger partial charge in [0.25, 0.3) is 5.91 Å². The first-order valence-electron chi connectivity index (χ1n) is 9.83. The number of carbonyl (C=O) groups is 1. The second-order valence-electron chi connectivity index (χ2n) is 7.27. The lowest BCUT2D eigenvalue weighted by molar-refractivity contribution is -0.117. The Morgan fingerprint density at radius 1 is 1.38 bits per heavy atom. The van der Waals surface area contributed by atoms with Crippen molar-refractivity contribution in [2.75, 3.05) is 13.7 Å². The van der Waals surface area contributed by atoms with Crippen molar-refractivity contribution in [3.63, 3.8) is 0 Å². The number of methoxy groups -OCH3 is 1. The standard InChI is InChI=1S/C23H27N3O3/c1-16-11-19(17(2)26(16)15-22-5-4-10-29-22)12-20(13-24)23(27)25-14-18-6-8-21(28-3)9-7-18/h6-9,11-12,22H,4-5,10,14-15H2,1-3H3,(H,25,27)/b20-12+/t22-/m0/s1. The van der Waals surface area contributed by atoms with E-state index in [4.69, 9.17) is 9.47 Å². The highest BCUT2D eigenvalue weighted by molar-refractivity contribution is 6.01. The zero-order chi connectivity index (χ0) is 20.8. The van der Waals surface area contributed by atoms with Crippen LogP contribution in [0.4, 0.5) is 0 Å². The van der Waals surface area contributed by atoms with E-state index in [1.165, 1.54) is 0 Å². The maximum Gasteiger partial charge on any atom is 0.262 e. The third kappa shape index (κ3) is 5.07. The summed E-state index contributed by atoms with van der Waals surface area (Å²) >= 11 is 0. The Morgan fingerprint density at radius 3 is 2.76 bits per heavy atom. The molecule has 1 saturated heterocycles. The minimum atomic E-state index is -0.382. The van der Waals surface area contributed by atoms with Crippen molar-refractivity contribution in [3.05, 3.63) is 58.4 Å². The number of benzene rings is 1. The van der Waals surface area contributed by atoms with Gasteiger partial charge < -0.3 is 19.4 Å². The number of aromatic nitrogens is 1. The van der Waals surface area contributed by atoms with Crippen molar-refractivity contribution in [2.45, 2.75) is 45.9 Å². The van der Waals surface area contributed by atoms with Gasteiger partial charge in [-0.25, -0.2) is 0 Å². The molecule has 0 bridgehead atoms. The van der Waals surface area contributed by atoms with Crippen LogP contribution in [0.3, 0.4) is 0 Å². The molecule has 0 saturated carbocycles. The van der Waals surface area contributed by atoms with E-state index in [9.17, 15) is 10.1 Å². The minimum Gasteiger partial charge on any atom is -0.497 e. The molecular weight excluding hydrogens is 366 g/mol. The van der Waals surface area contributed by atoms with Gasteiger partial charge in [-0.3, -0.25) is 4.79 Å². The van der Waals surface area contributed by atoms with Gasteiger partial charge in [0.2, 0.25) is 0 Å². The van der Waals surface area contributed by atoms with E-state index in [2.05, 4.69) is 9.88 Å². The van der Waals surface area contributed by atoms with Gasteiger partial charge in [-0.2, -0.15) is 5.26 Å². The third-order valence-corrected chi connectivity index (χ3v) is 5.30. The molecule has 1 N–H and O–H groups in total. The maximum atomic E-state index is 12.5. The predicted octanol–water partition coefficient (Wildman–Crippen LogP) is 3.52. The molecule has 1 fully saturated rings. The number of nitrogens with zero attached hydrogens (tertiary/aromatic N) is 2. The first-order valence-corrected chi connectivity index (χ1v) is 9.83. The first-order chi connectivity index (χ1) is 14.0. The molecule has 1 aliphatic rings. The number of carbonyl (C=O) groups excluding carboxylic acids is 1. The van der Waals surface area contributed by atoms with Gasteiger partial charge in [0, 0.05) is 31.1 Å². The van der Waals surface area contributed by atoms with Crippen LogP contribution < -0.4 is 10.1 Å². The van der Waals surface area contributed by atoms with Crippen LogP contribution in [0.5, 0.6) is 5.75 Å². The Kier molecular flexibility index (Phi) is 6.73. The Balaban J connectivity index is 1.69. The quantitative estimate of drug-likeness (QED) is 0.577. The van der Waals surface area contributed by atoms with Crippen molar-refractivity contribution in [2.24, 2.45) is 0 Å². The summed E-state index contributed by atoms with van der Waals surface area (Å²) in [4.78, 5) is 12.5. The van der Waals surface area contributed by atoms with Gasteiger partial charge >= 0.3 is 0 Å². The Morgan fingerprint density at radius 2 is 2.14 bits per heavy atom. The molecule has 0 aliphatic carbocycles. The van der Waals surface area contributed by atoms with E-state index < -0.39 is 0 Å². The summed E-state index contributed by atoms with van der Waals surface area (Å²) in [5.41, 5.74) is 4.05. The summed E-state index contributed by atoms with van der Waals surface area (Å²) < 4.78 is 13.1. The molecule has 1 amide bonds. The van der Waals surface area contributed by atoms with Crippen molar-refractivity contribution >= 4 is 12.0 Å². The molecule has 0 spiro atoms. The Hall–Kier alpha value is -3.04. The van der Waals surface area contributed by atoms with Crippen LogP contribution in [0.25, 0.3) is 6.08 Å². The van der Waals surface area contributed by atoms with Crippen LogP contribution in [0.15, 0.2) is 35.9 Å². The molecule has 1 aliphatic heterocycles. The molecular formula is C23H27N3O3. The normalized spacial score (nSPS) is 16.5. The van der Waals surface area contributed by atoms with E-state index in [0.717, 1.165) is 54.3 Å². The first kappa shape index (κ1) is 20.7. The fourth-order valence-corrected chi connectivity index (χ4v) is 3.57. The van der Waals surface area contributed by atoms with Crippen LogP contribution >= 0.6 is 0 Å². The summed E-state index contributed by atoms with van der Waals surface area (Å²) in [6.45, 7) is 6.02. The van der Waals surface area contributed by atoms with Crippen LogP contribution in [0.1, 0.15) is 35.4 Å². The largest absolute Gasteiger partial charge is 0.497 e. The van der Waals surface area contributed by atoms with Crippen LogP contribution in [0.2, 0.25) is 0 Å². The maximum absolute atomic E-state index is 12.5. The summed E-state index contributed by atoms with van der Waals surface area (Å²) in [6, 6.07) is 11.5. The SMILES string of the molecule is COc1ccc(CNC(=O)/C(C#N)=C/c2cc(C)n(C[C@@H]3CCCO3)c2C)cc1. The highest BCUT2D eigenvalue weighted by Gasteiger charge is 2.19. The highest BCUT2D eigenvalue weighted by Crippen LogP contribution is 2.22. The molecule has 152 valence electrons. The molecule has 0 radical (unpaired) electrons. The number of nitrogens with one attached hydrogen (secondary N) is 1. The smallest absolute Gasteiger partial charge is 0.262 e. The lowest BCUT2D eigenvalue weighted by Gasteiger charge is -2.14. The molecule has 1 atom stereocenters. The topological polar surface area (TPSA) is 76.3 Å². The lowest BCUT2D eigenvalue weighted by atomic mass is 10.1. The number of rotatable bonds is 7. The lowest BCUT2D eigenvalue weighted by Crippen LogP contribution is -2.24. The van der Waals surface area contributed by atoms with Gasteiger partial charge in [-0.05, 0) is 62.1 Å². The van der Waals surface area contributed by atoms with Crippen molar-refractivity contribution in [3.8, 4) is 11.8 Å². The minimum absolute atomic E-state index is 0.0934. The number of ether oxygens (including phenoxy) is 2. The van der Waals surface area contributed by atoms with E-state index in [1.54, 1.807) is 13.2 Å². The van der Waals surface area contributed by atoms with Gasteiger partial charge in [0.05, 0.1) is 13.2 Å². The zero-order valence-corrected chi connectivity index (χ0v) is 17.2. The monoisotopic (exact) mass is 393 g/mol. The van der Waals surface area contributed by atoms with Gasteiger partial charge in [0.15, 0.2) is 0 Å². The number of amides is 1. The second kappa shape index (κ2) is 9.44. The zero-order valence-electron chi connectivity index (χ0n) is 17.2. The summed E-state index contributed by atoms with van der Waals surface area (Å²) in [5, 5.41) is 12.3. The molecule has 6 nitrogen and oxygen atoms in total. The van der Waals surface area contributed by atoms with Crippen LogP contribution in [-0.2, 0) is 22.6 Å². The third-order valence-electron chi connectivity index (χ3n) is 5.30. The van der Waals surface area contributed by atoms with E-state index in [1.807, 2.05) is 50.2 Å². The van der Waals surface area contributed by atoms with Crippen molar-refractivity contribution < 1.29 is 14.3 Å². The van der Waals surface area contributed by atoms with E-state index in [0.29, 0.717) is 6.54 Å². The molecule has 1 aromatic carbocycles. The molecule has 2 aromatic rings. The molecule has 6 heteroatoms. The van der Waals surface area contributed by atoms with Gasteiger partial charge in [-0.1, -0.05) is 12.1 Å². The van der Waals surface area contributed by atoms with Crippen molar-refractivity contribution in [1.82, 2.24) is 9.88 Å². The molecule has 0 unspecified atom stereocenters. The van der Waals surface area contributed by atoms with E-state index in [-0.39, 0.29) is 17.6 Å². The highest BCUT2D eigenvalue weighted by atomic mass is 16.5. The van der Waals surface area contributed by atoms with E-state index >= 15 is 0 Å². The summed E-state index contributed by atoms with van der Waals surface area (Å²) in [5.74, 6) is 0.378. The number of aryl methyl sites for hydroxylation is 1. The number of hydrogen-bond donors (Lipinski definition) is 1. The van der Waals surface area contributed by atoms with Crippen LogP contribution in [-0.4, -0.2) is 30.3 Å². The predicted molar refractivity (Wildman–Crippen MR) is 111 cm³/mol.